The summed E-state index contributed by atoms with van der Waals surface area (Å²) in [6, 6.07) is 6.13. The maximum absolute atomic E-state index is 13.1. The maximum Gasteiger partial charge on any atom is 0.344 e. The molecular weight excluding hydrogens is 825 g/mol. The Morgan fingerprint density at radius 3 is 2.32 bits per heavy atom. The van der Waals surface area contributed by atoms with E-state index in [9.17, 15) is 41.5 Å². The molecule has 184 valence electrons. The van der Waals surface area contributed by atoms with E-state index in [1.165, 1.54) is 6.07 Å². The van der Waals surface area contributed by atoms with Crippen LogP contribution in [0.4, 0.5) is 14.5 Å². The number of hydrogen-bond acceptors (Lipinski definition) is 9. The Kier molecular flexibility index (Phi) is 9.93. The van der Waals surface area contributed by atoms with Gasteiger partial charge in [0.1, 0.15) is 0 Å². The minimum absolute atomic E-state index is 0.147. The highest BCUT2D eigenvalue weighted by atomic mass is 127. The number of halogens is 5. The van der Waals surface area contributed by atoms with E-state index in [0.29, 0.717) is 3.57 Å². The molecule has 2 rings (SSSR count). The van der Waals surface area contributed by atoms with E-state index in [2.05, 4.69) is 0 Å². The lowest BCUT2D eigenvalue weighted by Gasteiger charge is -2.19. The lowest BCUT2D eigenvalue weighted by atomic mass is 10.2. The molecule has 0 spiro atoms. The van der Waals surface area contributed by atoms with Crippen molar-refractivity contribution in [3.63, 3.8) is 0 Å². The molecule has 0 saturated carbocycles. The average molecular weight is 836 g/mol. The summed E-state index contributed by atoms with van der Waals surface area (Å²) in [5, 5.41) is 6.82. The van der Waals surface area contributed by atoms with Crippen molar-refractivity contribution in [1.82, 2.24) is 0 Å². The Balaban J connectivity index is 2.19. The SMILES string of the molecule is O=C(OCCCC(F)(F)S(=O)(=O)[O-])c1ccc([N+](=O)[O-])c(OC(=O)c2cc(I)cc(I)c2I)c1. The number of carbonyl (C=O) groups excluding carboxylic acids is 2. The van der Waals surface area contributed by atoms with Crippen LogP contribution in [0.25, 0.3) is 0 Å². The van der Waals surface area contributed by atoms with Gasteiger partial charge in [0.2, 0.25) is 5.75 Å². The predicted molar refractivity (Wildman–Crippen MR) is 137 cm³/mol. The highest BCUT2D eigenvalue weighted by molar-refractivity contribution is 14.1. The van der Waals surface area contributed by atoms with E-state index in [-0.39, 0.29) is 11.1 Å². The van der Waals surface area contributed by atoms with Crippen molar-refractivity contribution in [1.29, 1.82) is 0 Å². The summed E-state index contributed by atoms with van der Waals surface area (Å²) in [5.74, 6) is -2.55. The summed E-state index contributed by atoms with van der Waals surface area (Å²) in [6.45, 7) is -0.658. The number of carbonyl (C=O) groups is 2. The first-order valence-electron chi connectivity index (χ1n) is 8.79. The third kappa shape index (κ3) is 7.37. The Hall–Kier alpha value is -1.26. The summed E-state index contributed by atoms with van der Waals surface area (Å²) in [6.07, 6.45) is -2.00. The Morgan fingerprint density at radius 1 is 1.09 bits per heavy atom. The first-order chi connectivity index (χ1) is 15.6. The van der Waals surface area contributed by atoms with Gasteiger partial charge in [0.25, 0.3) is 0 Å². The van der Waals surface area contributed by atoms with Gasteiger partial charge in [-0.15, -0.1) is 0 Å². The van der Waals surface area contributed by atoms with Crippen LogP contribution in [0.2, 0.25) is 0 Å². The zero-order valence-corrected chi connectivity index (χ0v) is 23.7. The summed E-state index contributed by atoms with van der Waals surface area (Å²) >= 11 is 5.91. The Morgan fingerprint density at radius 2 is 1.74 bits per heavy atom. The molecule has 0 heterocycles. The van der Waals surface area contributed by atoms with Gasteiger partial charge in [-0.1, -0.05) is 0 Å². The zero-order chi connectivity index (χ0) is 25.8. The second-order valence-electron chi connectivity index (χ2n) is 6.41. The third-order valence-electron chi connectivity index (χ3n) is 4.02. The summed E-state index contributed by atoms with van der Waals surface area (Å²) < 4.78 is 69.6. The molecule has 0 saturated heterocycles. The van der Waals surface area contributed by atoms with Crippen molar-refractivity contribution in [3.8, 4) is 5.75 Å². The number of hydrogen-bond donors (Lipinski definition) is 0. The minimum Gasteiger partial charge on any atom is -0.743 e. The van der Waals surface area contributed by atoms with Crippen molar-refractivity contribution in [2.45, 2.75) is 18.1 Å². The first-order valence-corrected chi connectivity index (χ1v) is 13.4. The average Bonchev–Trinajstić information content (AvgIpc) is 2.72. The molecule has 0 N–H and O–H groups in total. The zero-order valence-electron chi connectivity index (χ0n) is 16.4. The molecule has 0 unspecified atom stereocenters. The summed E-state index contributed by atoms with van der Waals surface area (Å²) in [5.41, 5.74) is -0.752. The van der Waals surface area contributed by atoms with Crippen LogP contribution in [0, 0.1) is 20.8 Å². The quantitative estimate of drug-likeness (QED) is 0.0512. The van der Waals surface area contributed by atoms with Crippen LogP contribution in [-0.2, 0) is 14.9 Å². The topological polar surface area (TPSA) is 153 Å². The molecule has 0 amide bonds. The van der Waals surface area contributed by atoms with Gasteiger partial charge in [-0.2, -0.15) is 8.78 Å². The summed E-state index contributed by atoms with van der Waals surface area (Å²) in [7, 11) is -5.85. The van der Waals surface area contributed by atoms with Crippen molar-refractivity contribution < 1.29 is 45.7 Å². The highest BCUT2D eigenvalue weighted by Crippen LogP contribution is 2.31. The standard InChI is InChI=1S/C18H12F2I3NO9S/c19-18(20,34(29,30)31)4-1-5-32-16(25)9-2-3-13(24(27)28)14(6-9)33-17(26)11-7-10(21)8-12(22)15(11)23/h2-3,6-8H,1,4-5H2,(H,29,30,31)/p-1. The van der Waals surface area contributed by atoms with E-state index in [1.807, 2.05) is 67.8 Å². The van der Waals surface area contributed by atoms with Crippen LogP contribution in [0.1, 0.15) is 33.6 Å². The number of nitrogens with zero attached hydrogens (tertiary/aromatic N) is 1. The lowest BCUT2D eigenvalue weighted by Crippen LogP contribution is -2.28. The smallest absolute Gasteiger partial charge is 0.344 e. The number of ether oxygens (including phenoxy) is 2. The van der Waals surface area contributed by atoms with Crippen LogP contribution in [0.15, 0.2) is 30.3 Å². The van der Waals surface area contributed by atoms with Gasteiger partial charge < -0.3 is 14.0 Å². The molecule has 0 aliphatic heterocycles. The normalized spacial score (nSPS) is 11.7. The van der Waals surface area contributed by atoms with Crippen LogP contribution < -0.4 is 4.74 Å². The van der Waals surface area contributed by atoms with E-state index in [0.717, 1.165) is 25.3 Å². The Labute approximate surface area is 232 Å². The molecule has 0 aromatic heterocycles. The van der Waals surface area contributed by atoms with Crippen LogP contribution >= 0.6 is 67.8 Å². The molecular formula is C18H11F2I3NO9S-. The molecule has 0 fully saturated rings. The molecule has 2 aromatic carbocycles. The molecule has 0 aliphatic rings. The molecule has 10 nitrogen and oxygen atoms in total. The van der Waals surface area contributed by atoms with Gasteiger partial charge >= 0.3 is 22.9 Å². The van der Waals surface area contributed by atoms with Crippen molar-refractivity contribution in [3.05, 3.63) is 62.3 Å². The van der Waals surface area contributed by atoms with E-state index < -0.39 is 63.1 Å². The molecule has 2 aromatic rings. The van der Waals surface area contributed by atoms with Crippen molar-refractivity contribution in [2.24, 2.45) is 0 Å². The predicted octanol–water partition coefficient (Wildman–Crippen LogP) is 4.70. The van der Waals surface area contributed by atoms with Crippen molar-refractivity contribution in [2.75, 3.05) is 6.61 Å². The summed E-state index contributed by atoms with van der Waals surface area (Å²) in [4.78, 5) is 35.4. The Bertz CT molecular complexity index is 1260. The second-order valence-corrected chi connectivity index (χ2v) is 11.4. The molecule has 16 heteroatoms. The fourth-order valence-electron chi connectivity index (χ4n) is 2.38. The van der Waals surface area contributed by atoms with Crippen LogP contribution in [0.3, 0.4) is 0 Å². The second kappa shape index (κ2) is 11.6. The van der Waals surface area contributed by atoms with Gasteiger partial charge in [-0.05, 0) is 92.4 Å². The third-order valence-corrected chi connectivity index (χ3v) is 8.62. The van der Waals surface area contributed by atoms with Crippen LogP contribution in [0.5, 0.6) is 5.75 Å². The first kappa shape index (κ1) is 29.0. The largest absolute Gasteiger partial charge is 0.743 e. The highest BCUT2D eigenvalue weighted by Gasteiger charge is 2.36. The molecule has 0 aliphatic carbocycles. The van der Waals surface area contributed by atoms with Gasteiger partial charge in [0.05, 0.1) is 22.7 Å². The molecule has 0 atom stereocenters. The monoisotopic (exact) mass is 836 g/mol. The van der Waals surface area contributed by atoms with Crippen molar-refractivity contribution >= 4 is 95.5 Å². The minimum atomic E-state index is -5.85. The van der Waals surface area contributed by atoms with Crippen LogP contribution in [-0.4, -0.2) is 41.7 Å². The molecule has 0 bridgehead atoms. The number of nitro benzene ring substituents is 1. The number of alkyl halides is 2. The van der Waals surface area contributed by atoms with Gasteiger partial charge in [-0.3, -0.25) is 10.1 Å². The molecule has 0 radical (unpaired) electrons. The number of benzene rings is 2. The number of rotatable bonds is 9. The van der Waals surface area contributed by atoms with E-state index >= 15 is 0 Å². The molecule has 34 heavy (non-hydrogen) atoms. The number of nitro groups is 1. The number of esters is 2. The maximum atomic E-state index is 13.1. The fourth-order valence-corrected chi connectivity index (χ4v) is 5.15. The lowest BCUT2D eigenvalue weighted by molar-refractivity contribution is -0.385. The fraction of sp³-hybridized carbons (Fsp3) is 0.222. The van der Waals surface area contributed by atoms with E-state index in [4.69, 9.17) is 9.47 Å². The van der Waals surface area contributed by atoms with E-state index in [1.54, 1.807) is 6.07 Å². The van der Waals surface area contributed by atoms with Gasteiger partial charge in [-0.25, -0.2) is 18.0 Å². The van der Waals surface area contributed by atoms with Gasteiger partial charge in [0, 0.05) is 29.3 Å². The van der Waals surface area contributed by atoms with Gasteiger partial charge in [0.15, 0.2) is 10.1 Å².